The molecule has 0 spiro atoms. The second-order valence-corrected chi connectivity index (χ2v) is 4.02. The zero-order valence-corrected chi connectivity index (χ0v) is 9.10. The Hall–Kier alpha value is -1.59. The van der Waals surface area contributed by atoms with E-state index in [2.05, 4.69) is 0 Å². The van der Waals surface area contributed by atoms with E-state index in [1.807, 2.05) is 0 Å². The first-order chi connectivity index (χ1) is 8.40. The lowest BCUT2D eigenvalue weighted by atomic mass is 9.99. The lowest BCUT2D eigenvalue weighted by Gasteiger charge is -2.30. The Labute approximate surface area is 99.9 Å². The fourth-order valence-corrected chi connectivity index (χ4v) is 1.62. The van der Waals surface area contributed by atoms with E-state index < -0.39 is 30.7 Å². The van der Waals surface area contributed by atoms with E-state index in [-0.39, 0.29) is 11.3 Å². The van der Waals surface area contributed by atoms with Crippen molar-refractivity contribution in [1.82, 2.24) is 0 Å². The molecule has 2 rings (SSSR count). The quantitative estimate of drug-likeness (QED) is 0.738. The molecule has 1 aromatic rings. The van der Waals surface area contributed by atoms with Gasteiger partial charge in [0, 0.05) is 5.56 Å². The van der Waals surface area contributed by atoms with Crippen molar-refractivity contribution in [3.8, 4) is 5.75 Å². The van der Waals surface area contributed by atoms with Gasteiger partial charge in [-0.05, 0) is 24.3 Å². The maximum Gasteiger partial charge on any atom is 0.416 e. The number of ether oxygens (including phenoxy) is 1. The highest BCUT2D eigenvalue weighted by Crippen LogP contribution is 2.37. The highest BCUT2D eigenvalue weighted by Gasteiger charge is 2.35. The van der Waals surface area contributed by atoms with Crippen LogP contribution < -0.4 is 4.74 Å². The summed E-state index contributed by atoms with van der Waals surface area (Å²) in [7, 11) is 0. The highest BCUT2D eigenvalue weighted by molar-refractivity contribution is 5.62. The zero-order valence-electron chi connectivity index (χ0n) is 9.10. The molecule has 0 N–H and O–H groups in total. The summed E-state index contributed by atoms with van der Waals surface area (Å²) in [4.78, 5) is 0. The average molecular weight is 264 g/mol. The van der Waals surface area contributed by atoms with Gasteiger partial charge >= 0.3 is 6.18 Å². The number of rotatable bonds is 2. The molecular formula is C12H9F5O. The van der Waals surface area contributed by atoms with Crippen molar-refractivity contribution >= 4 is 6.08 Å². The molecule has 1 heterocycles. The van der Waals surface area contributed by atoms with Crippen LogP contribution in [0.3, 0.4) is 0 Å². The Morgan fingerprint density at radius 1 is 1.11 bits per heavy atom. The van der Waals surface area contributed by atoms with Gasteiger partial charge in [0.1, 0.15) is 19.1 Å². The third-order valence-electron chi connectivity index (χ3n) is 2.67. The molecule has 0 unspecified atom stereocenters. The summed E-state index contributed by atoms with van der Waals surface area (Å²) < 4.78 is 67.9. The summed E-state index contributed by atoms with van der Waals surface area (Å²) in [5.41, 5.74) is -2.39. The first kappa shape index (κ1) is 12.9. The van der Waals surface area contributed by atoms with Crippen molar-refractivity contribution in [3.05, 3.63) is 35.4 Å². The Morgan fingerprint density at radius 2 is 1.78 bits per heavy atom. The first-order valence-electron chi connectivity index (χ1n) is 5.12. The van der Waals surface area contributed by atoms with Crippen LogP contribution in [0.1, 0.15) is 11.1 Å². The van der Waals surface area contributed by atoms with E-state index in [9.17, 15) is 22.0 Å². The van der Waals surface area contributed by atoms with Crippen molar-refractivity contribution in [1.29, 1.82) is 0 Å². The number of benzene rings is 1. The van der Waals surface area contributed by atoms with Crippen LogP contribution in [0.25, 0.3) is 6.08 Å². The van der Waals surface area contributed by atoms with Crippen LogP contribution in [0.4, 0.5) is 22.0 Å². The minimum atomic E-state index is -4.46. The summed E-state index contributed by atoms with van der Waals surface area (Å²) >= 11 is 0. The molecule has 0 aliphatic carbocycles. The topological polar surface area (TPSA) is 9.23 Å². The van der Waals surface area contributed by atoms with E-state index in [1.165, 1.54) is 6.08 Å². The monoisotopic (exact) mass is 264 g/mol. The van der Waals surface area contributed by atoms with Gasteiger partial charge in [-0.15, -0.1) is 0 Å². The van der Waals surface area contributed by atoms with Gasteiger partial charge in [0.25, 0.3) is 0 Å². The fourth-order valence-electron chi connectivity index (χ4n) is 1.62. The summed E-state index contributed by atoms with van der Waals surface area (Å²) in [6.07, 6.45) is -2.11. The summed E-state index contributed by atoms with van der Waals surface area (Å²) in [5, 5.41) is 0. The molecule has 1 aliphatic rings. The van der Waals surface area contributed by atoms with Crippen molar-refractivity contribution in [3.63, 3.8) is 0 Å². The van der Waals surface area contributed by atoms with Crippen LogP contribution in [0.5, 0.6) is 5.75 Å². The molecule has 1 aromatic carbocycles. The zero-order chi connectivity index (χ0) is 13.4. The van der Waals surface area contributed by atoms with Gasteiger partial charge in [-0.25, -0.2) is 8.78 Å². The molecule has 0 aromatic heterocycles. The standard InChI is InChI=1S/C12H9F5O/c13-6-11(7-14)4-3-8-5-9(12(15,16)17)1-2-10(8)18-11/h1-5H,6-7H2. The maximum absolute atomic E-state index is 12.7. The third-order valence-corrected chi connectivity index (χ3v) is 2.67. The van der Waals surface area contributed by atoms with Crippen LogP contribution in [0, 0.1) is 0 Å². The normalized spacial score (nSPS) is 17.2. The SMILES string of the molecule is FCC1(CF)C=Cc2cc(C(F)(F)F)ccc2O1. The summed E-state index contributed by atoms with van der Waals surface area (Å²) in [5.74, 6) is 0.0424. The van der Waals surface area contributed by atoms with Crippen LogP contribution >= 0.6 is 0 Å². The molecule has 1 aliphatic heterocycles. The summed E-state index contributed by atoms with van der Waals surface area (Å²) in [6, 6.07) is 2.77. The van der Waals surface area contributed by atoms with Gasteiger partial charge in [-0.2, -0.15) is 13.2 Å². The van der Waals surface area contributed by atoms with E-state index in [1.54, 1.807) is 0 Å². The molecule has 0 saturated carbocycles. The van der Waals surface area contributed by atoms with Gasteiger partial charge in [0.05, 0.1) is 5.56 Å². The first-order valence-corrected chi connectivity index (χ1v) is 5.12. The number of fused-ring (bicyclic) bond motifs is 1. The van der Waals surface area contributed by atoms with E-state index >= 15 is 0 Å². The molecule has 0 fully saturated rings. The predicted molar refractivity (Wildman–Crippen MR) is 55.8 cm³/mol. The van der Waals surface area contributed by atoms with Crippen LogP contribution in [-0.4, -0.2) is 19.0 Å². The fraction of sp³-hybridized carbons (Fsp3) is 0.333. The smallest absolute Gasteiger partial charge is 0.416 e. The molecule has 98 valence electrons. The van der Waals surface area contributed by atoms with Gasteiger partial charge in [-0.1, -0.05) is 6.08 Å². The van der Waals surface area contributed by atoms with Gasteiger partial charge in [0.15, 0.2) is 5.60 Å². The minimum absolute atomic E-state index is 0.0424. The Balaban J connectivity index is 2.38. The average Bonchev–Trinajstić information content (AvgIpc) is 2.36. The number of hydrogen-bond donors (Lipinski definition) is 0. The largest absolute Gasteiger partial charge is 0.477 e. The second-order valence-electron chi connectivity index (χ2n) is 4.02. The molecule has 0 atom stereocenters. The van der Waals surface area contributed by atoms with Gasteiger partial charge in [0.2, 0.25) is 0 Å². The van der Waals surface area contributed by atoms with E-state index in [0.29, 0.717) is 0 Å². The van der Waals surface area contributed by atoms with Crippen LogP contribution in [0.15, 0.2) is 24.3 Å². The molecule has 18 heavy (non-hydrogen) atoms. The molecule has 0 bridgehead atoms. The lowest BCUT2D eigenvalue weighted by molar-refractivity contribution is -0.137. The van der Waals surface area contributed by atoms with E-state index in [4.69, 9.17) is 4.74 Å². The molecule has 0 amide bonds. The Bertz CT molecular complexity index is 474. The van der Waals surface area contributed by atoms with Crippen molar-refractivity contribution < 1.29 is 26.7 Å². The minimum Gasteiger partial charge on any atom is -0.477 e. The highest BCUT2D eigenvalue weighted by atomic mass is 19.4. The number of alkyl halides is 5. The Kier molecular flexibility index (Phi) is 3.04. The second kappa shape index (κ2) is 4.26. The van der Waals surface area contributed by atoms with Crippen molar-refractivity contribution in [2.45, 2.75) is 11.8 Å². The van der Waals surface area contributed by atoms with Crippen LogP contribution in [0.2, 0.25) is 0 Å². The molecule has 0 radical (unpaired) electrons. The third kappa shape index (κ3) is 2.19. The van der Waals surface area contributed by atoms with Gasteiger partial charge in [-0.3, -0.25) is 0 Å². The molecule has 0 saturated heterocycles. The van der Waals surface area contributed by atoms with E-state index in [0.717, 1.165) is 24.3 Å². The maximum atomic E-state index is 12.7. The predicted octanol–water partition coefficient (Wildman–Crippen LogP) is 3.79. The lowest BCUT2D eigenvalue weighted by Crippen LogP contribution is -2.40. The van der Waals surface area contributed by atoms with Gasteiger partial charge < -0.3 is 4.74 Å². The number of hydrogen-bond acceptors (Lipinski definition) is 1. The molecule has 1 nitrogen and oxygen atoms in total. The van der Waals surface area contributed by atoms with Crippen molar-refractivity contribution in [2.24, 2.45) is 0 Å². The Morgan fingerprint density at radius 3 is 2.33 bits per heavy atom. The summed E-state index contributed by atoms with van der Waals surface area (Å²) in [6.45, 7) is -2.17. The van der Waals surface area contributed by atoms with Crippen LogP contribution in [-0.2, 0) is 6.18 Å². The molecule has 6 heteroatoms. The van der Waals surface area contributed by atoms with Crippen molar-refractivity contribution in [2.75, 3.05) is 13.3 Å². The number of halogens is 5. The molecular weight excluding hydrogens is 255 g/mol.